The number of carbonyl (C=O) groups is 1. The van der Waals surface area contributed by atoms with Gasteiger partial charge >= 0.3 is 0 Å². The lowest BCUT2D eigenvalue weighted by atomic mass is 9.83. The molecule has 7 heterocycles. The molecule has 0 spiro atoms. The van der Waals surface area contributed by atoms with Gasteiger partial charge in [0.25, 0.3) is 10.0 Å². The summed E-state index contributed by atoms with van der Waals surface area (Å²) < 4.78 is 111. The van der Waals surface area contributed by atoms with Gasteiger partial charge in [0.05, 0.1) is 80.2 Å². The number of nitrogens with zero attached hydrogens (tertiary/aromatic N) is 12. The van der Waals surface area contributed by atoms with Gasteiger partial charge in [0.15, 0.2) is 69.6 Å². The van der Waals surface area contributed by atoms with E-state index in [2.05, 4.69) is 109 Å². The average molecular weight is 1650 g/mol. The van der Waals surface area contributed by atoms with Crippen molar-refractivity contribution in [1.29, 1.82) is 0 Å². The third-order valence-corrected chi connectivity index (χ3v) is 19.1. The van der Waals surface area contributed by atoms with Crippen LogP contribution in [-0.2, 0) is 14.8 Å². The van der Waals surface area contributed by atoms with Gasteiger partial charge in [-0.15, -0.1) is 6.58 Å². The zero-order chi connectivity index (χ0) is 83.2. The van der Waals surface area contributed by atoms with Gasteiger partial charge < -0.3 is 62.0 Å². The Balaban J connectivity index is 0.000000306. The fourth-order valence-corrected chi connectivity index (χ4v) is 11.8. The average Bonchev–Trinajstić information content (AvgIpc) is 1.59. The van der Waals surface area contributed by atoms with Crippen molar-refractivity contribution in [2.75, 3.05) is 46.4 Å². The first-order valence-corrected chi connectivity index (χ1v) is 37.4. The number of fused-ring (bicyclic) bond motifs is 1. The largest absolute Gasteiger partial charge is 0.394 e. The molecule has 1 aromatic carbocycles. The van der Waals surface area contributed by atoms with Crippen LogP contribution in [0.2, 0.25) is 21.1 Å². The number of anilines is 5. The monoisotopic (exact) mass is 1640 g/mol. The highest BCUT2D eigenvalue weighted by atomic mass is 35.5. The Morgan fingerprint density at radius 3 is 1.09 bits per heavy atom. The summed E-state index contributed by atoms with van der Waals surface area (Å²) in [6.45, 7) is 33.7. The molecule has 8 atom stereocenters. The lowest BCUT2D eigenvalue weighted by Crippen LogP contribution is -2.38. The standard InChI is InChI=1S/C26H29F2N5O4S.2C12H19ClFN3O2.C12H17ClFN3.C11H15ClFN3O/c1-15-5-7-18(8-6-15)38(36,37)33-13-20(19-9-16(27)11-30-25(19)33)23-29-12-21(28)24(32-23)31-22(26(2,3)4)10-17(35)14-34;2*1-12(2,3)9(4-7(19)6-18)16-10-8(14)5-15-11(13)17-10;1-5-6-9(12(2,3)4)16-10-8(14)7-15-11(13)17-10;1-11(2,3)8(4-5-17)15-9-7(13)6-14-10(12)16-9/h5-9,11-13,17,22,34-35H,10,14H2,1-4H3,(H,29,31,32);2*5,7,9,18-19H,4,6H2,1-3H3,(H,15,16,17);5,7,9H,1,6H2,2-4H3,(H,15,16,17);5-6,8H,4H2,1-3H3,(H,14,15,16)/t17?,22-;2*7?,9-;9-;8-/m11111/s1. The van der Waals surface area contributed by atoms with Crippen LogP contribution in [0, 0.1) is 68.9 Å². The van der Waals surface area contributed by atoms with Crippen molar-refractivity contribution >= 4 is 103 Å². The Labute approximate surface area is 657 Å². The molecular formula is C73H99Cl4F6N17O9S. The third kappa shape index (κ3) is 29.7. The predicted octanol–water partition coefficient (Wildman–Crippen LogP) is 13.9. The number of benzene rings is 1. The van der Waals surface area contributed by atoms with Gasteiger partial charge in [-0.1, -0.05) is 128 Å². The summed E-state index contributed by atoms with van der Waals surface area (Å²) in [6.07, 6.45) is 8.53. The number of aryl methyl sites for hydroxylation is 1. The normalized spacial score (nSPS) is 14.1. The molecule has 0 saturated heterocycles. The minimum absolute atomic E-state index is 0.00920. The number of nitrogens with one attached hydrogen (secondary N) is 5. The Hall–Kier alpha value is -7.83. The van der Waals surface area contributed by atoms with Gasteiger partial charge in [0, 0.05) is 53.8 Å². The number of aldehydes is 1. The highest BCUT2D eigenvalue weighted by Gasteiger charge is 2.33. The molecule has 606 valence electrons. The molecule has 8 aromatic rings. The zero-order valence-electron chi connectivity index (χ0n) is 64.0. The number of aliphatic hydroxyl groups is 6. The van der Waals surface area contributed by atoms with Gasteiger partial charge in [-0.25, -0.2) is 73.6 Å². The van der Waals surface area contributed by atoms with Crippen molar-refractivity contribution in [1.82, 2.24) is 58.8 Å². The summed E-state index contributed by atoms with van der Waals surface area (Å²) in [7, 11) is -4.12. The Bertz CT molecular complexity index is 4250. The lowest BCUT2D eigenvalue weighted by Gasteiger charge is -2.33. The molecule has 11 N–H and O–H groups in total. The van der Waals surface area contributed by atoms with Gasteiger partial charge in [-0.05, 0) is 124 Å². The van der Waals surface area contributed by atoms with E-state index < -0.39 is 81.3 Å². The fraction of sp³-hybridized carbons (Fsp3) is 0.507. The molecule has 26 nitrogen and oxygen atoms in total. The topological polar surface area (TPSA) is 379 Å². The fourth-order valence-electron chi connectivity index (χ4n) is 9.90. The van der Waals surface area contributed by atoms with Crippen LogP contribution < -0.4 is 26.6 Å². The predicted molar refractivity (Wildman–Crippen MR) is 415 cm³/mol. The van der Waals surface area contributed by atoms with Gasteiger partial charge in [0.1, 0.15) is 12.1 Å². The second-order valence-corrected chi connectivity index (χ2v) is 34.0. The van der Waals surface area contributed by atoms with Crippen molar-refractivity contribution in [3.8, 4) is 11.4 Å². The van der Waals surface area contributed by atoms with E-state index in [0.717, 1.165) is 59.1 Å². The van der Waals surface area contributed by atoms with Crippen LogP contribution in [0.1, 0.15) is 142 Å². The van der Waals surface area contributed by atoms with E-state index in [-0.39, 0.29) is 162 Å². The maximum atomic E-state index is 14.8. The molecule has 37 heteroatoms. The van der Waals surface area contributed by atoms with Crippen LogP contribution in [0.15, 0.2) is 91.3 Å². The first kappa shape index (κ1) is 94.5. The number of halogens is 10. The highest BCUT2D eigenvalue weighted by molar-refractivity contribution is 7.90. The van der Waals surface area contributed by atoms with Gasteiger partial charge in [-0.2, -0.15) is 19.9 Å². The summed E-state index contributed by atoms with van der Waals surface area (Å²) in [5.41, 5.74) is -0.264. The van der Waals surface area contributed by atoms with Crippen LogP contribution in [0.5, 0.6) is 0 Å². The molecule has 110 heavy (non-hydrogen) atoms. The van der Waals surface area contributed by atoms with Crippen LogP contribution >= 0.6 is 46.4 Å². The summed E-state index contributed by atoms with van der Waals surface area (Å²) in [5, 5.41) is 70.9. The molecule has 7 aromatic heterocycles. The first-order valence-electron chi connectivity index (χ1n) is 34.4. The van der Waals surface area contributed by atoms with E-state index in [1.807, 2.05) is 90.0 Å². The van der Waals surface area contributed by atoms with Crippen molar-refractivity contribution < 1.29 is 70.2 Å². The first-order chi connectivity index (χ1) is 51.0. The SMILES string of the molecule is C=CC[C@@H](Nc1nc(Cl)ncc1F)C(C)(C)C.CC(C)(C)[C@@H](CC(O)CO)Nc1nc(Cl)ncc1F.CC(C)(C)[C@@H](CC(O)CO)Nc1nc(Cl)ncc1F.CC(C)(C)[C@@H](CC=O)Nc1nc(Cl)ncc1F.Cc1ccc(S(=O)(=O)n2cc(-c3ncc(F)c(N[C@H](CC(O)CO)C(C)(C)C)n3)c3cc(F)cnc32)cc1. The number of carbonyl (C=O) groups excluding carboxylic acids is 1. The van der Waals surface area contributed by atoms with Crippen molar-refractivity contribution in [3.05, 3.63) is 148 Å². The number of rotatable bonds is 26. The minimum atomic E-state index is -4.12. The van der Waals surface area contributed by atoms with E-state index >= 15 is 0 Å². The van der Waals surface area contributed by atoms with E-state index in [1.54, 1.807) is 18.2 Å². The van der Waals surface area contributed by atoms with Crippen molar-refractivity contribution in [3.63, 3.8) is 0 Å². The van der Waals surface area contributed by atoms with E-state index in [1.165, 1.54) is 18.3 Å². The molecule has 0 fully saturated rings. The van der Waals surface area contributed by atoms with E-state index in [9.17, 15) is 60.0 Å². The summed E-state index contributed by atoms with van der Waals surface area (Å²) >= 11 is 22.5. The van der Waals surface area contributed by atoms with E-state index in [4.69, 9.17) is 56.6 Å². The van der Waals surface area contributed by atoms with Crippen LogP contribution in [0.3, 0.4) is 0 Å². The Kier molecular flexibility index (Phi) is 35.8. The number of hydrogen-bond acceptors (Lipinski definition) is 25. The second-order valence-electron chi connectivity index (χ2n) is 30.9. The van der Waals surface area contributed by atoms with Gasteiger partial charge in [-0.3, -0.25) is 0 Å². The number of aliphatic hydroxyl groups excluding tert-OH is 6. The molecule has 0 aliphatic carbocycles. The van der Waals surface area contributed by atoms with Gasteiger partial charge in [0.2, 0.25) is 21.1 Å². The molecular weight excluding hydrogens is 1550 g/mol. The molecule has 0 aliphatic heterocycles. The molecule has 0 bridgehead atoms. The maximum Gasteiger partial charge on any atom is 0.269 e. The van der Waals surface area contributed by atoms with Crippen LogP contribution in [-0.4, -0.2) is 172 Å². The minimum Gasteiger partial charge on any atom is -0.394 e. The Morgan fingerprint density at radius 2 is 0.782 bits per heavy atom. The lowest BCUT2D eigenvalue weighted by molar-refractivity contribution is -0.108. The third-order valence-electron chi connectivity index (χ3n) is 16.7. The summed E-state index contributed by atoms with van der Waals surface area (Å²) in [5.74, 6) is -3.91. The molecule has 8 rings (SSSR count). The number of aromatic nitrogens is 12. The highest BCUT2D eigenvalue weighted by Crippen LogP contribution is 2.36. The summed E-state index contributed by atoms with van der Waals surface area (Å²) in [6, 6.07) is 6.11. The Morgan fingerprint density at radius 1 is 0.473 bits per heavy atom. The maximum absolute atomic E-state index is 14.8. The molecule has 0 aliphatic rings. The smallest absolute Gasteiger partial charge is 0.269 e. The van der Waals surface area contributed by atoms with Crippen molar-refractivity contribution in [2.45, 2.75) is 196 Å². The summed E-state index contributed by atoms with van der Waals surface area (Å²) in [4.78, 5) is 52.3. The zero-order valence-corrected chi connectivity index (χ0v) is 67.9. The quantitative estimate of drug-likeness (QED) is 0.0104. The number of hydrogen-bond donors (Lipinski definition) is 11. The van der Waals surface area contributed by atoms with Crippen LogP contribution in [0.4, 0.5) is 55.4 Å². The van der Waals surface area contributed by atoms with Crippen molar-refractivity contribution in [2.24, 2.45) is 27.1 Å². The molecule has 0 amide bonds. The molecule has 0 saturated carbocycles. The van der Waals surface area contributed by atoms with E-state index in [0.29, 0.717) is 6.42 Å². The molecule has 3 unspecified atom stereocenters. The molecule has 0 radical (unpaired) electrons. The second kappa shape index (κ2) is 41.6. The number of pyridine rings is 1. The van der Waals surface area contributed by atoms with Crippen LogP contribution in [0.25, 0.3) is 22.4 Å².